The summed E-state index contributed by atoms with van der Waals surface area (Å²) in [4.78, 5) is 17.1. The van der Waals surface area contributed by atoms with Crippen LogP contribution in [-0.4, -0.2) is 56.3 Å². The summed E-state index contributed by atoms with van der Waals surface area (Å²) in [6.07, 6.45) is 5.73. The molecular weight excluding hydrogens is 636 g/mol. The lowest BCUT2D eigenvalue weighted by Gasteiger charge is -2.38. The van der Waals surface area contributed by atoms with Crippen LogP contribution in [0.25, 0.3) is 32.9 Å². The van der Waals surface area contributed by atoms with Crippen LogP contribution in [0.4, 0.5) is 10.2 Å². The topological polar surface area (TPSA) is 60.4 Å². The number of methoxy groups -OCH3 is 1. The fourth-order valence-electron chi connectivity index (χ4n) is 8.70. The molecule has 2 aromatic heterocycles. The van der Waals surface area contributed by atoms with Gasteiger partial charge >= 0.3 is 0 Å². The molecule has 2 unspecified atom stereocenters. The van der Waals surface area contributed by atoms with Crippen molar-refractivity contribution in [2.24, 2.45) is 11.8 Å². The third-order valence-corrected chi connectivity index (χ3v) is 17.7. The van der Waals surface area contributed by atoms with E-state index in [0.717, 1.165) is 35.2 Å². The van der Waals surface area contributed by atoms with Crippen LogP contribution in [0.15, 0.2) is 35.5 Å². The second-order valence-electron chi connectivity index (χ2n) is 14.6. The monoisotopic (exact) mass is 684 g/mol. The highest BCUT2D eigenvalue weighted by Gasteiger charge is 2.42. The number of fused-ring (bicyclic) bond motifs is 4. The maximum Gasteiger partial charge on any atom is 0.189 e. The summed E-state index contributed by atoms with van der Waals surface area (Å²) in [6.45, 7) is 17.8. The fourth-order valence-corrected chi connectivity index (χ4v) is 14.3. The predicted octanol–water partition coefficient (Wildman–Crippen LogP) is 9.80. The van der Waals surface area contributed by atoms with Gasteiger partial charge in [0.2, 0.25) is 0 Å². The van der Waals surface area contributed by atoms with E-state index in [1.165, 1.54) is 31.0 Å². The van der Waals surface area contributed by atoms with Gasteiger partial charge in [0.15, 0.2) is 17.8 Å². The number of ether oxygens (including phenoxy) is 2. The molecule has 2 atom stereocenters. The van der Waals surface area contributed by atoms with Gasteiger partial charge in [0, 0.05) is 36.7 Å². The summed E-state index contributed by atoms with van der Waals surface area (Å²) < 4.78 is 28.4. The largest absolute Gasteiger partial charge is 0.468 e. The molecule has 1 saturated carbocycles. The first-order valence-electron chi connectivity index (χ1n) is 17.4. The molecule has 1 aliphatic heterocycles. The number of aromatic nitrogens is 3. The van der Waals surface area contributed by atoms with E-state index < -0.39 is 13.9 Å². The van der Waals surface area contributed by atoms with Crippen molar-refractivity contribution in [3.05, 3.63) is 47.4 Å². The molecule has 3 heterocycles. The van der Waals surface area contributed by atoms with Crippen LogP contribution in [0, 0.1) is 36.0 Å². The van der Waals surface area contributed by atoms with E-state index >= 15 is 4.39 Å². The highest BCUT2D eigenvalue weighted by molar-refractivity contribution is 7.98. The van der Waals surface area contributed by atoms with Gasteiger partial charge in [-0.05, 0) is 84.5 Å². The molecule has 0 radical (unpaired) electrons. The lowest BCUT2D eigenvalue weighted by Crippen LogP contribution is -2.43. The Bertz CT molecular complexity index is 1870. The van der Waals surface area contributed by atoms with Gasteiger partial charge < -0.3 is 14.4 Å². The zero-order valence-corrected chi connectivity index (χ0v) is 31.7. The van der Waals surface area contributed by atoms with Crippen molar-refractivity contribution < 1.29 is 13.9 Å². The van der Waals surface area contributed by atoms with Crippen LogP contribution >= 0.6 is 11.8 Å². The minimum absolute atomic E-state index is 0.0773. The fraction of sp³-hybridized carbons (Fsp3) is 0.513. The minimum atomic E-state index is -2.03. The van der Waals surface area contributed by atoms with E-state index in [9.17, 15) is 0 Å². The molecule has 0 amide bonds. The first-order valence-corrected chi connectivity index (χ1v) is 20.8. The van der Waals surface area contributed by atoms with Crippen molar-refractivity contribution in [3.63, 3.8) is 0 Å². The van der Waals surface area contributed by atoms with Gasteiger partial charge in [0.05, 0.1) is 11.1 Å². The highest BCUT2D eigenvalue weighted by atomic mass is 32.2. The second kappa shape index (κ2) is 14.0. The molecule has 9 heteroatoms. The van der Waals surface area contributed by atoms with Crippen LogP contribution in [0.5, 0.6) is 5.75 Å². The molecule has 6 rings (SSSR count). The number of hydrogen-bond donors (Lipinski definition) is 0. The molecule has 4 aromatic rings. The molecule has 6 nitrogen and oxygen atoms in total. The van der Waals surface area contributed by atoms with Crippen LogP contribution in [-0.2, 0) is 4.74 Å². The van der Waals surface area contributed by atoms with Gasteiger partial charge in [0.1, 0.15) is 30.9 Å². The van der Waals surface area contributed by atoms with Crippen molar-refractivity contribution in [2.75, 3.05) is 38.1 Å². The quantitative estimate of drug-likeness (QED) is 0.0572. The van der Waals surface area contributed by atoms with Crippen LogP contribution in [0.1, 0.15) is 72.1 Å². The van der Waals surface area contributed by atoms with Crippen molar-refractivity contribution in [1.82, 2.24) is 15.0 Å². The average molecular weight is 685 g/mol. The Balaban J connectivity index is 1.61. The summed E-state index contributed by atoms with van der Waals surface area (Å²) in [7, 11) is -0.444. The molecule has 48 heavy (non-hydrogen) atoms. The molecule has 1 aliphatic carbocycles. The van der Waals surface area contributed by atoms with Crippen LogP contribution in [0.2, 0.25) is 16.6 Å². The molecule has 0 N–H and O–H groups in total. The standard InChI is InChI=1S/C39H49FN4O2SSi/c1-23(2)48(24(3)4,25(5)6)16-15-29-11-10-12-30-18-31(46-22-45-8)19-32(34(29)30)36-35(40)37-33(26(7)41-36)38(43-39(42-37)47-9)44-20-27-13-14-28(17-27)21-44/h10-12,18-19,23-25,27-28H,13-14,17,20-22H2,1-9H3. The van der Waals surface area contributed by atoms with E-state index in [1.807, 2.05) is 37.4 Å². The highest BCUT2D eigenvalue weighted by Crippen LogP contribution is 2.44. The summed E-state index contributed by atoms with van der Waals surface area (Å²) in [5.41, 5.74) is 8.15. The molecule has 2 aliphatic rings. The Morgan fingerprint density at radius 3 is 2.29 bits per heavy atom. The number of pyridine rings is 1. The maximum absolute atomic E-state index is 17.2. The Hall–Kier alpha value is -3.19. The molecule has 2 fully saturated rings. The molecular formula is C39H49FN4O2SSi. The van der Waals surface area contributed by atoms with E-state index in [2.05, 4.69) is 64.0 Å². The van der Waals surface area contributed by atoms with Gasteiger partial charge in [-0.15, -0.1) is 5.54 Å². The summed E-state index contributed by atoms with van der Waals surface area (Å²) in [5, 5.41) is 3.04. The number of thioether (sulfide) groups is 1. The number of rotatable bonds is 9. The zero-order chi connectivity index (χ0) is 34.3. The van der Waals surface area contributed by atoms with E-state index in [4.69, 9.17) is 24.4 Å². The number of piperidine rings is 1. The number of anilines is 1. The average Bonchev–Trinajstić information content (AvgIpc) is 3.40. The number of nitrogens with zero attached hydrogens (tertiary/aromatic N) is 4. The summed E-state index contributed by atoms with van der Waals surface area (Å²) in [5.74, 6) is 5.92. The SMILES string of the molecule is COCOc1cc(-c2nc(C)c3c(N4CC5CCC(C5)C4)nc(SC)nc3c2F)c2c(C#C[Si](C(C)C)(C(C)C)C(C)C)cccc2c1. The number of aryl methyl sites for hydroxylation is 1. The van der Waals surface area contributed by atoms with Gasteiger partial charge in [0.25, 0.3) is 0 Å². The Kier molecular flexibility index (Phi) is 10.1. The maximum atomic E-state index is 17.2. The van der Waals surface area contributed by atoms with Gasteiger partial charge in [-0.2, -0.15) is 0 Å². The van der Waals surface area contributed by atoms with E-state index in [0.29, 0.717) is 61.5 Å². The summed E-state index contributed by atoms with van der Waals surface area (Å²) in [6, 6.07) is 9.96. The van der Waals surface area contributed by atoms with Crippen LogP contribution < -0.4 is 9.64 Å². The van der Waals surface area contributed by atoms with Crippen molar-refractivity contribution in [1.29, 1.82) is 0 Å². The first-order chi connectivity index (χ1) is 23.0. The van der Waals surface area contributed by atoms with E-state index in [1.54, 1.807) is 7.11 Å². The third kappa shape index (κ3) is 6.21. The van der Waals surface area contributed by atoms with E-state index in [-0.39, 0.29) is 12.5 Å². The normalized spacial score (nSPS) is 18.0. The van der Waals surface area contributed by atoms with Crippen molar-refractivity contribution >= 4 is 47.3 Å². The number of benzene rings is 2. The van der Waals surface area contributed by atoms with Gasteiger partial charge in [-0.1, -0.05) is 71.4 Å². The Morgan fingerprint density at radius 2 is 1.67 bits per heavy atom. The second-order valence-corrected chi connectivity index (χ2v) is 21.0. The van der Waals surface area contributed by atoms with Gasteiger partial charge in [-0.3, -0.25) is 0 Å². The molecule has 1 saturated heterocycles. The zero-order valence-electron chi connectivity index (χ0n) is 29.9. The minimum Gasteiger partial charge on any atom is -0.468 e. The van der Waals surface area contributed by atoms with Crippen LogP contribution in [0.3, 0.4) is 0 Å². The number of hydrogen-bond acceptors (Lipinski definition) is 7. The summed E-state index contributed by atoms with van der Waals surface area (Å²) >= 11 is 1.44. The van der Waals surface area contributed by atoms with Gasteiger partial charge in [-0.25, -0.2) is 19.3 Å². The molecule has 2 bridgehead atoms. The predicted molar refractivity (Wildman–Crippen MR) is 200 cm³/mol. The first kappa shape index (κ1) is 34.7. The lowest BCUT2D eigenvalue weighted by atomic mass is 9.95. The molecule has 2 aromatic carbocycles. The smallest absolute Gasteiger partial charge is 0.189 e. The lowest BCUT2D eigenvalue weighted by molar-refractivity contribution is 0.0512. The Labute approximate surface area is 290 Å². The number of halogens is 1. The Morgan fingerprint density at radius 1 is 0.979 bits per heavy atom. The third-order valence-electron chi connectivity index (χ3n) is 10.8. The molecule has 0 spiro atoms. The van der Waals surface area contributed by atoms with Crippen molar-refractivity contribution in [2.45, 2.75) is 89.5 Å². The van der Waals surface area contributed by atoms with Crippen molar-refractivity contribution in [3.8, 4) is 28.5 Å². The molecule has 254 valence electrons.